The fraction of sp³-hybridized carbons (Fsp3) is 0.250. The lowest BCUT2D eigenvalue weighted by atomic mass is 10.1. The SMILES string of the molecule is C#CNC1=CCCC=C1. The van der Waals surface area contributed by atoms with Gasteiger partial charge in [0.05, 0.1) is 0 Å². The third kappa shape index (κ3) is 1.65. The van der Waals surface area contributed by atoms with Crippen LogP contribution in [0.2, 0.25) is 0 Å². The molecule has 0 fully saturated rings. The average Bonchev–Trinajstić information content (AvgIpc) is 1.91. The van der Waals surface area contributed by atoms with E-state index in [1.807, 2.05) is 6.08 Å². The van der Waals surface area contributed by atoms with Crippen molar-refractivity contribution < 1.29 is 0 Å². The summed E-state index contributed by atoms with van der Waals surface area (Å²) in [6.45, 7) is 0. The highest BCUT2D eigenvalue weighted by Gasteiger charge is 1.91. The molecule has 0 radical (unpaired) electrons. The molecule has 0 bridgehead atoms. The van der Waals surface area contributed by atoms with Crippen LogP contribution in [0.5, 0.6) is 0 Å². The highest BCUT2D eigenvalue weighted by atomic mass is 14.8. The molecule has 0 atom stereocenters. The number of allylic oxidation sites excluding steroid dienone is 3. The summed E-state index contributed by atoms with van der Waals surface area (Å²) < 4.78 is 0. The van der Waals surface area contributed by atoms with Crippen LogP contribution in [0.4, 0.5) is 0 Å². The first-order chi connectivity index (χ1) is 4.43. The highest BCUT2D eigenvalue weighted by Crippen LogP contribution is 2.05. The predicted molar refractivity (Wildman–Crippen MR) is 38.4 cm³/mol. The smallest absolute Gasteiger partial charge is 0.0416 e. The molecule has 1 aliphatic rings. The van der Waals surface area contributed by atoms with Crippen LogP contribution in [0.3, 0.4) is 0 Å². The Morgan fingerprint density at radius 1 is 1.56 bits per heavy atom. The van der Waals surface area contributed by atoms with E-state index >= 15 is 0 Å². The molecular weight excluding hydrogens is 110 g/mol. The molecule has 1 N–H and O–H groups in total. The van der Waals surface area contributed by atoms with E-state index in [2.05, 4.69) is 23.5 Å². The lowest BCUT2D eigenvalue weighted by Gasteiger charge is -2.02. The Balaban J connectivity index is 2.50. The molecule has 1 aliphatic carbocycles. The van der Waals surface area contributed by atoms with E-state index in [1.165, 1.54) is 0 Å². The first-order valence-electron chi connectivity index (χ1n) is 3.02. The van der Waals surface area contributed by atoms with E-state index in [9.17, 15) is 0 Å². The van der Waals surface area contributed by atoms with E-state index in [0.29, 0.717) is 0 Å². The quantitative estimate of drug-likeness (QED) is 0.406. The maximum atomic E-state index is 5.02. The topological polar surface area (TPSA) is 12.0 Å². The molecule has 0 aliphatic heterocycles. The predicted octanol–water partition coefficient (Wildman–Crippen LogP) is 1.40. The van der Waals surface area contributed by atoms with Crippen molar-refractivity contribution in [2.45, 2.75) is 12.8 Å². The summed E-state index contributed by atoms with van der Waals surface area (Å²) in [5.74, 6) is 0. The summed E-state index contributed by atoms with van der Waals surface area (Å²) in [4.78, 5) is 0. The van der Waals surface area contributed by atoms with Crippen molar-refractivity contribution in [1.29, 1.82) is 0 Å². The van der Waals surface area contributed by atoms with Crippen LogP contribution in [-0.4, -0.2) is 0 Å². The maximum absolute atomic E-state index is 5.02. The van der Waals surface area contributed by atoms with Crippen molar-refractivity contribution in [2.24, 2.45) is 0 Å². The third-order valence-electron chi connectivity index (χ3n) is 1.21. The lowest BCUT2D eigenvalue weighted by Crippen LogP contribution is -2.03. The molecule has 9 heavy (non-hydrogen) atoms. The third-order valence-corrected chi connectivity index (χ3v) is 1.21. The molecule has 0 spiro atoms. The van der Waals surface area contributed by atoms with Crippen molar-refractivity contribution >= 4 is 0 Å². The van der Waals surface area contributed by atoms with Gasteiger partial charge >= 0.3 is 0 Å². The molecule has 46 valence electrons. The number of rotatable bonds is 1. The Kier molecular flexibility index (Phi) is 1.98. The maximum Gasteiger partial charge on any atom is 0.0416 e. The van der Waals surface area contributed by atoms with Gasteiger partial charge in [0.15, 0.2) is 0 Å². The van der Waals surface area contributed by atoms with Gasteiger partial charge in [-0.1, -0.05) is 18.6 Å². The number of nitrogens with one attached hydrogen (secondary N) is 1. The molecule has 0 amide bonds. The normalized spacial score (nSPS) is 16.1. The molecule has 0 aromatic carbocycles. The van der Waals surface area contributed by atoms with Gasteiger partial charge in [-0.15, -0.1) is 0 Å². The van der Waals surface area contributed by atoms with Crippen LogP contribution in [0.15, 0.2) is 23.9 Å². The van der Waals surface area contributed by atoms with Crippen molar-refractivity contribution in [1.82, 2.24) is 5.32 Å². The summed E-state index contributed by atoms with van der Waals surface area (Å²) in [5.41, 5.74) is 1.05. The first kappa shape index (κ1) is 5.97. The molecule has 1 nitrogen and oxygen atoms in total. The summed E-state index contributed by atoms with van der Waals surface area (Å²) in [6, 6.07) is 2.37. The van der Waals surface area contributed by atoms with E-state index in [4.69, 9.17) is 6.42 Å². The minimum atomic E-state index is 1.05. The van der Waals surface area contributed by atoms with Crippen LogP contribution >= 0.6 is 0 Å². The van der Waals surface area contributed by atoms with E-state index < -0.39 is 0 Å². The number of terminal acetylenes is 1. The average molecular weight is 119 g/mol. The second kappa shape index (κ2) is 2.99. The Morgan fingerprint density at radius 3 is 3.00 bits per heavy atom. The minimum absolute atomic E-state index is 1.05. The van der Waals surface area contributed by atoms with Gasteiger partial charge in [0, 0.05) is 11.7 Å². The largest absolute Gasteiger partial charge is 0.316 e. The molecule has 1 heteroatoms. The van der Waals surface area contributed by atoms with Crippen molar-refractivity contribution in [3.63, 3.8) is 0 Å². The molecule has 0 heterocycles. The standard InChI is InChI=1S/C8H9N/c1-2-9-8-6-4-3-5-7-8/h1,4,6-7,9H,3,5H2. The number of hydrogen-bond acceptors (Lipinski definition) is 1. The van der Waals surface area contributed by atoms with Crippen LogP contribution in [0.1, 0.15) is 12.8 Å². The second-order valence-corrected chi connectivity index (χ2v) is 1.91. The summed E-state index contributed by atoms with van der Waals surface area (Å²) in [5, 5.41) is 2.79. The monoisotopic (exact) mass is 119 g/mol. The van der Waals surface area contributed by atoms with Crippen LogP contribution < -0.4 is 5.32 Å². The van der Waals surface area contributed by atoms with Crippen LogP contribution in [-0.2, 0) is 0 Å². The molecular formula is C8H9N. The van der Waals surface area contributed by atoms with Crippen molar-refractivity contribution in [3.05, 3.63) is 23.9 Å². The van der Waals surface area contributed by atoms with E-state index in [1.54, 1.807) is 0 Å². The Bertz CT molecular complexity index is 181. The Morgan fingerprint density at radius 2 is 2.44 bits per heavy atom. The van der Waals surface area contributed by atoms with Crippen molar-refractivity contribution in [2.75, 3.05) is 0 Å². The Hall–Kier alpha value is -1.16. The van der Waals surface area contributed by atoms with E-state index in [0.717, 1.165) is 18.5 Å². The Labute approximate surface area is 55.5 Å². The van der Waals surface area contributed by atoms with Gasteiger partial charge in [0.25, 0.3) is 0 Å². The summed E-state index contributed by atoms with van der Waals surface area (Å²) in [6.07, 6.45) is 13.5. The lowest BCUT2D eigenvalue weighted by molar-refractivity contribution is 0.980. The highest BCUT2D eigenvalue weighted by molar-refractivity contribution is 5.22. The van der Waals surface area contributed by atoms with Gasteiger partial charge < -0.3 is 5.32 Å². The molecule has 0 aromatic rings. The van der Waals surface area contributed by atoms with Crippen LogP contribution in [0, 0.1) is 12.5 Å². The van der Waals surface area contributed by atoms with Gasteiger partial charge in [-0.3, -0.25) is 0 Å². The fourth-order valence-corrected chi connectivity index (χ4v) is 0.789. The molecule has 0 saturated heterocycles. The van der Waals surface area contributed by atoms with Crippen LogP contribution in [0.25, 0.3) is 0 Å². The molecule has 0 aromatic heterocycles. The van der Waals surface area contributed by atoms with E-state index in [-0.39, 0.29) is 0 Å². The molecule has 0 saturated carbocycles. The zero-order valence-corrected chi connectivity index (χ0v) is 5.22. The first-order valence-corrected chi connectivity index (χ1v) is 3.02. The molecule has 1 rings (SSSR count). The van der Waals surface area contributed by atoms with Gasteiger partial charge in [0.2, 0.25) is 0 Å². The van der Waals surface area contributed by atoms with Crippen molar-refractivity contribution in [3.8, 4) is 12.5 Å². The summed E-state index contributed by atoms with van der Waals surface area (Å²) in [7, 11) is 0. The van der Waals surface area contributed by atoms with Gasteiger partial charge in [0.1, 0.15) is 0 Å². The van der Waals surface area contributed by atoms with Gasteiger partial charge in [-0.2, -0.15) is 0 Å². The molecule has 0 unspecified atom stereocenters. The van der Waals surface area contributed by atoms with Gasteiger partial charge in [-0.05, 0) is 18.9 Å². The second-order valence-electron chi connectivity index (χ2n) is 1.91. The fourth-order valence-electron chi connectivity index (χ4n) is 0.789. The summed E-state index contributed by atoms with van der Waals surface area (Å²) >= 11 is 0. The van der Waals surface area contributed by atoms with Gasteiger partial charge in [-0.25, -0.2) is 0 Å². The number of hydrogen-bond donors (Lipinski definition) is 1. The minimum Gasteiger partial charge on any atom is -0.316 e. The zero-order valence-electron chi connectivity index (χ0n) is 5.22. The zero-order chi connectivity index (χ0) is 6.53.